The molecule has 3 rings (SSSR count). The van der Waals surface area contributed by atoms with Crippen molar-refractivity contribution in [3.8, 4) is 0 Å². The van der Waals surface area contributed by atoms with E-state index in [1.165, 1.54) is 16.4 Å². The Hall–Kier alpha value is -2.26. The standard InChI is InChI=1S/C16H20FN5O2S/c1-20(2)14-11-16(19-18-12-14)21-7-9-22(10-8-21)25(23,24)15-5-3-13(17)4-6-15/h3-6,11-12H,7-10H2,1-2H3. The van der Waals surface area contributed by atoms with Crippen molar-refractivity contribution in [2.24, 2.45) is 0 Å². The Kier molecular flexibility index (Phi) is 4.87. The van der Waals surface area contributed by atoms with Crippen molar-refractivity contribution < 1.29 is 12.8 Å². The second-order valence-corrected chi connectivity index (χ2v) is 7.95. The van der Waals surface area contributed by atoms with Gasteiger partial charge in [0.05, 0.1) is 16.8 Å². The molecule has 0 unspecified atom stereocenters. The molecule has 9 heteroatoms. The van der Waals surface area contributed by atoms with Crippen molar-refractivity contribution in [2.75, 3.05) is 50.1 Å². The van der Waals surface area contributed by atoms with Gasteiger partial charge in [-0.05, 0) is 24.3 Å². The van der Waals surface area contributed by atoms with E-state index in [9.17, 15) is 12.8 Å². The maximum Gasteiger partial charge on any atom is 0.243 e. The molecule has 1 aromatic heterocycles. The molecule has 2 heterocycles. The summed E-state index contributed by atoms with van der Waals surface area (Å²) in [6.45, 7) is 1.72. The molecule has 7 nitrogen and oxygen atoms in total. The van der Waals surface area contributed by atoms with E-state index in [0.29, 0.717) is 26.2 Å². The Morgan fingerprint density at radius 1 is 1.08 bits per heavy atom. The lowest BCUT2D eigenvalue weighted by molar-refractivity contribution is 0.383. The third-order valence-corrected chi connectivity index (χ3v) is 6.07. The number of nitrogens with zero attached hydrogens (tertiary/aromatic N) is 5. The van der Waals surface area contributed by atoms with Crippen molar-refractivity contribution >= 4 is 21.5 Å². The van der Waals surface area contributed by atoms with Gasteiger partial charge in [0.25, 0.3) is 0 Å². The first kappa shape index (κ1) is 17.6. The fraction of sp³-hybridized carbons (Fsp3) is 0.375. The Morgan fingerprint density at radius 3 is 2.32 bits per heavy atom. The number of aromatic nitrogens is 2. The van der Waals surface area contributed by atoms with Gasteiger partial charge < -0.3 is 9.80 Å². The summed E-state index contributed by atoms with van der Waals surface area (Å²) >= 11 is 0. The van der Waals surface area contributed by atoms with Crippen LogP contribution in [0.1, 0.15) is 0 Å². The maximum absolute atomic E-state index is 13.0. The van der Waals surface area contributed by atoms with Crippen LogP contribution in [-0.2, 0) is 10.0 Å². The molecule has 0 spiro atoms. The molecule has 134 valence electrons. The molecule has 1 aliphatic rings. The largest absolute Gasteiger partial charge is 0.376 e. The molecule has 1 saturated heterocycles. The van der Waals surface area contributed by atoms with Gasteiger partial charge in [-0.3, -0.25) is 0 Å². The van der Waals surface area contributed by atoms with Gasteiger partial charge >= 0.3 is 0 Å². The Labute approximate surface area is 146 Å². The average molecular weight is 365 g/mol. The summed E-state index contributed by atoms with van der Waals surface area (Å²) in [5, 5.41) is 8.14. The third kappa shape index (κ3) is 3.72. The molecule has 25 heavy (non-hydrogen) atoms. The van der Waals surface area contributed by atoms with Crippen LogP contribution in [0.25, 0.3) is 0 Å². The van der Waals surface area contributed by atoms with Crippen LogP contribution in [0.3, 0.4) is 0 Å². The van der Waals surface area contributed by atoms with Crippen molar-refractivity contribution in [3.05, 3.63) is 42.3 Å². The fourth-order valence-corrected chi connectivity index (χ4v) is 4.08. The quantitative estimate of drug-likeness (QED) is 0.811. The smallest absolute Gasteiger partial charge is 0.243 e. The third-order valence-electron chi connectivity index (χ3n) is 4.16. The fourth-order valence-electron chi connectivity index (χ4n) is 2.66. The summed E-state index contributed by atoms with van der Waals surface area (Å²) in [6.07, 6.45) is 1.68. The van der Waals surface area contributed by atoms with Crippen LogP contribution in [0.4, 0.5) is 15.9 Å². The molecule has 2 aromatic rings. The minimum absolute atomic E-state index is 0.108. The Balaban J connectivity index is 1.71. The van der Waals surface area contributed by atoms with Gasteiger partial charge in [0.15, 0.2) is 5.82 Å². The molecule has 1 aliphatic heterocycles. The van der Waals surface area contributed by atoms with Crippen LogP contribution in [0.5, 0.6) is 0 Å². The van der Waals surface area contributed by atoms with Crippen LogP contribution < -0.4 is 9.80 Å². The lowest BCUT2D eigenvalue weighted by atomic mass is 10.3. The monoisotopic (exact) mass is 365 g/mol. The lowest BCUT2D eigenvalue weighted by Crippen LogP contribution is -2.49. The number of piperazine rings is 1. The van der Waals surface area contributed by atoms with E-state index in [1.807, 2.05) is 30.0 Å². The van der Waals surface area contributed by atoms with Gasteiger partial charge in [-0.15, -0.1) is 5.10 Å². The van der Waals surface area contributed by atoms with Gasteiger partial charge in [0.1, 0.15) is 5.82 Å². The number of halogens is 1. The Bertz CT molecular complexity index is 834. The predicted octanol–water partition coefficient (Wildman–Crippen LogP) is 1.19. The minimum Gasteiger partial charge on any atom is -0.376 e. The second kappa shape index (κ2) is 6.93. The number of anilines is 2. The van der Waals surface area contributed by atoms with Crippen molar-refractivity contribution in [2.45, 2.75) is 4.90 Å². The first-order valence-corrected chi connectivity index (χ1v) is 9.32. The van der Waals surface area contributed by atoms with Crippen LogP contribution in [0, 0.1) is 5.82 Å². The highest BCUT2D eigenvalue weighted by atomic mass is 32.2. The van der Waals surface area contributed by atoms with Gasteiger partial charge in [0.2, 0.25) is 10.0 Å². The van der Waals surface area contributed by atoms with E-state index < -0.39 is 15.8 Å². The van der Waals surface area contributed by atoms with E-state index in [0.717, 1.165) is 23.6 Å². The first-order valence-electron chi connectivity index (χ1n) is 7.88. The van der Waals surface area contributed by atoms with Crippen LogP contribution >= 0.6 is 0 Å². The van der Waals surface area contributed by atoms with Crippen LogP contribution in [0.2, 0.25) is 0 Å². The van der Waals surface area contributed by atoms with E-state index >= 15 is 0 Å². The van der Waals surface area contributed by atoms with Crippen molar-refractivity contribution in [3.63, 3.8) is 0 Å². The van der Waals surface area contributed by atoms with Gasteiger partial charge in [-0.1, -0.05) is 0 Å². The molecule has 0 N–H and O–H groups in total. The first-order chi connectivity index (χ1) is 11.9. The zero-order valence-corrected chi connectivity index (χ0v) is 14.9. The highest BCUT2D eigenvalue weighted by Gasteiger charge is 2.29. The number of rotatable bonds is 4. The molecule has 1 aromatic carbocycles. The van der Waals surface area contributed by atoms with Crippen LogP contribution in [-0.4, -0.2) is 63.2 Å². The van der Waals surface area contributed by atoms with Crippen molar-refractivity contribution in [1.82, 2.24) is 14.5 Å². The summed E-state index contributed by atoms with van der Waals surface area (Å²) in [6, 6.07) is 6.83. The normalized spacial score (nSPS) is 16.0. The molecule has 0 bridgehead atoms. The molecule has 1 fully saturated rings. The summed E-state index contributed by atoms with van der Waals surface area (Å²) < 4.78 is 39.7. The van der Waals surface area contributed by atoms with E-state index in [2.05, 4.69) is 10.2 Å². The number of sulfonamides is 1. The topological polar surface area (TPSA) is 69.6 Å². The number of hydrogen-bond donors (Lipinski definition) is 0. The van der Waals surface area contributed by atoms with Crippen LogP contribution in [0.15, 0.2) is 41.4 Å². The molecular weight excluding hydrogens is 345 g/mol. The summed E-state index contributed by atoms with van der Waals surface area (Å²) in [4.78, 5) is 4.06. The summed E-state index contributed by atoms with van der Waals surface area (Å²) in [5.74, 6) is 0.271. The van der Waals surface area contributed by atoms with Crippen molar-refractivity contribution in [1.29, 1.82) is 0 Å². The Morgan fingerprint density at radius 2 is 1.72 bits per heavy atom. The van der Waals surface area contributed by atoms with E-state index in [-0.39, 0.29) is 4.90 Å². The second-order valence-electron chi connectivity index (χ2n) is 6.01. The van der Waals surface area contributed by atoms with Gasteiger partial charge in [0, 0.05) is 46.3 Å². The molecule has 0 saturated carbocycles. The molecule has 0 amide bonds. The molecule has 0 aliphatic carbocycles. The van der Waals surface area contributed by atoms with Gasteiger partial charge in [-0.25, -0.2) is 12.8 Å². The van der Waals surface area contributed by atoms with Gasteiger partial charge in [-0.2, -0.15) is 9.40 Å². The summed E-state index contributed by atoms with van der Waals surface area (Å²) in [5.41, 5.74) is 0.936. The highest BCUT2D eigenvalue weighted by molar-refractivity contribution is 7.89. The summed E-state index contributed by atoms with van der Waals surface area (Å²) in [7, 11) is 0.239. The maximum atomic E-state index is 13.0. The zero-order chi connectivity index (χ0) is 18.0. The number of hydrogen-bond acceptors (Lipinski definition) is 6. The van der Waals surface area contributed by atoms with E-state index in [1.54, 1.807) is 6.20 Å². The molecular formula is C16H20FN5O2S. The molecule has 0 atom stereocenters. The van der Waals surface area contributed by atoms with E-state index in [4.69, 9.17) is 0 Å². The minimum atomic E-state index is -3.61. The lowest BCUT2D eigenvalue weighted by Gasteiger charge is -2.34. The number of benzene rings is 1. The SMILES string of the molecule is CN(C)c1cnnc(N2CCN(S(=O)(=O)c3ccc(F)cc3)CC2)c1. The predicted molar refractivity (Wildman–Crippen MR) is 93.7 cm³/mol. The highest BCUT2D eigenvalue weighted by Crippen LogP contribution is 2.22. The molecule has 0 radical (unpaired) electrons. The average Bonchev–Trinajstić information content (AvgIpc) is 2.62. The zero-order valence-electron chi connectivity index (χ0n) is 14.1.